The van der Waals surface area contributed by atoms with Gasteiger partial charge in [0.25, 0.3) is 0 Å². The van der Waals surface area contributed by atoms with E-state index in [1.54, 1.807) is 0 Å². The van der Waals surface area contributed by atoms with Crippen LogP contribution < -0.4 is 5.32 Å². The highest BCUT2D eigenvalue weighted by Gasteiger charge is 2.38. The summed E-state index contributed by atoms with van der Waals surface area (Å²) in [5.41, 5.74) is 0.289. The average molecular weight is 367 g/mol. The molecule has 0 aromatic heterocycles. The zero-order chi connectivity index (χ0) is 19.3. The fourth-order valence-electron chi connectivity index (χ4n) is 3.98. The number of hydrogen-bond acceptors (Lipinski definition) is 3. The van der Waals surface area contributed by atoms with E-state index < -0.39 is 11.6 Å². The molecule has 2 N–H and O–H groups in total. The highest BCUT2D eigenvalue weighted by Crippen LogP contribution is 2.33. The maximum atomic E-state index is 12.7. The Morgan fingerprint density at radius 1 is 1.07 bits per heavy atom. The minimum Gasteiger partial charge on any atom is -0.378 e. The van der Waals surface area contributed by atoms with Crippen LogP contribution in [0, 0.1) is 5.92 Å². The van der Waals surface area contributed by atoms with Crippen molar-refractivity contribution >= 4 is 5.91 Å². The van der Waals surface area contributed by atoms with Crippen LogP contribution in [0.1, 0.15) is 37.3 Å². The molecule has 1 atom stereocenters. The third-order valence-electron chi connectivity index (χ3n) is 5.74. The van der Waals surface area contributed by atoms with Crippen molar-refractivity contribution in [2.45, 2.75) is 37.8 Å². The quantitative estimate of drug-likeness (QED) is 0.826. The Bertz CT molecular complexity index is 685. The number of piperidine rings is 1. The molecule has 144 valence electrons. The summed E-state index contributed by atoms with van der Waals surface area (Å²) < 4.78 is 0. The largest absolute Gasteiger partial charge is 0.378 e. The minimum atomic E-state index is -1.27. The van der Waals surface area contributed by atoms with Gasteiger partial charge in [0.05, 0.1) is 6.04 Å². The summed E-state index contributed by atoms with van der Waals surface area (Å²) in [6, 6.07) is 18.7. The number of carbonyl (C=O) groups is 1. The van der Waals surface area contributed by atoms with E-state index in [1.807, 2.05) is 67.6 Å². The van der Waals surface area contributed by atoms with E-state index in [1.165, 1.54) is 0 Å². The van der Waals surface area contributed by atoms with E-state index in [9.17, 15) is 9.90 Å². The van der Waals surface area contributed by atoms with Gasteiger partial charge in [0.2, 0.25) is 5.91 Å². The van der Waals surface area contributed by atoms with Gasteiger partial charge in [-0.15, -0.1) is 0 Å². The predicted molar refractivity (Wildman–Crippen MR) is 108 cm³/mol. The molecule has 2 aromatic carbocycles. The zero-order valence-electron chi connectivity index (χ0n) is 16.3. The topological polar surface area (TPSA) is 52.6 Å². The van der Waals surface area contributed by atoms with Gasteiger partial charge in [0.15, 0.2) is 0 Å². The molecule has 0 radical (unpaired) electrons. The van der Waals surface area contributed by atoms with Crippen LogP contribution in [0.5, 0.6) is 0 Å². The number of rotatable bonds is 6. The van der Waals surface area contributed by atoms with Crippen LogP contribution in [0.4, 0.5) is 0 Å². The number of nitrogens with one attached hydrogen (secondary N) is 1. The fraction of sp³-hybridized carbons (Fsp3) is 0.435. The van der Waals surface area contributed by atoms with E-state index >= 15 is 0 Å². The van der Waals surface area contributed by atoms with Gasteiger partial charge in [-0.25, -0.2) is 0 Å². The summed E-state index contributed by atoms with van der Waals surface area (Å²) in [6.45, 7) is 3.98. The molecule has 1 aliphatic rings. The summed E-state index contributed by atoms with van der Waals surface area (Å²) in [5.74, 6) is 0.442. The lowest BCUT2D eigenvalue weighted by Gasteiger charge is -2.36. The van der Waals surface area contributed by atoms with Crippen molar-refractivity contribution in [3.05, 3.63) is 71.8 Å². The monoisotopic (exact) mass is 366 g/mol. The van der Waals surface area contributed by atoms with Crippen LogP contribution >= 0.6 is 0 Å². The summed E-state index contributed by atoms with van der Waals surface area (Å²) in [4.78, 5) is 15.0. The molecule has 1 heterocycles. The lowest BCUT2D eigenvalue weighted by Crippen LogP contribution is -2.50. The van der Waals surface area contributed by atoms with Crippen LogP contribution in [0.15, 0.2) is 60.7 Å². The number of nitrogens with zero attached hydrogens (tertiary/aromatic N) is 1. The van der Waals surface area contributed by atoms with Crippen LogP contribution in [0.3, 0.4) is 0 Å². The molecule has 0 bridgehead atoms. The predicted octanol–water partition coefficient (Wildman–Crippen LogP) is 3.16. The van der Waals surface area contributed by atoms with Crippen molar-refractivity contribution in [3.8, 4) is 0 Å². The first-order chi connectivity index (χ1) is 13.0. The SMILES string of the molecule is CC(NC(=O)CC1CCN(C)CC1)C(O)(c1ccccc1)c1ccccc1. The van der Waals surface area contributed by atoms with Crippen LogP contribution in [0.25, 0.3) is 0 Å². The van der Waals surface area contributed by atoms with Crippen molar-refractivity contribution < 1.29 is 9.90 Å². The molecule has 1 aliphatic heterocycles. The van der Waals surface area contributed by atoms with Crippen molar-refractivity contribution in [1.82, 2.24) is 10.2 Å². The first-order valence-corrected chi connectivity index (χ1v) is 9.81. The smallest absolute Gasteiger partial charge is 0.220 e. The number of hydrogen-bond donors (Lipinski definition) is 2. The molecule has 0 saturated carbocycles. The minimum absolute atomic E-state index is 0.0161. The summed E-state index contributed by atoms with van der Waals surface area (Å²) in [7, 11) is 2.12. The van der Waals surface area contributed by atoms with E-state index in [4.69, 9.17) is 0 Å². The van der Waals surface area contributed by atoms with E-state index in [0.29, 0.717) is 12.3 Å². The molecule has 1 unspecified atom stereocenters. The zero-order valence-corrected chi connectivity index (χ0v) is 16.3. The molecule has 0 spiro atoms. The Morgan fingerprint density at radius 2 is 1.56 bits per heavy atom. The molecule has 1 fully saturated rings. The first-order valence-electron chi connectivity index (χ1n) is 9.81. The highest BCUT2D eigenvalue weighted by molar-refractivity contribution is 5.76. The summed E-state index contributed by atoms with van der Waals surface area (Å²) in [5, 5.41) is 14.8. The molecule has 1 saturated heterocycles. The van der Waals surface area contributed by atoms with Gasteiger partial charge in [0.1, 0.15) is 5.60 Å². The second-order valence-corrected chi connectivity index (χ2v) is 7.74. The molecular formula is C23H30N2O2. The Balaban J connectivity index is 1.76. The Hall–Kier alpha value is -2.17. The fourth-order valence-corrected chi connectivity index (χ4v) is 3.98. The average Bonchev–Trinajstić information content (AvgIpc) is 2.70. The maximum Gasteiger partial charge on any atom is 0.220 e. The molecule has 4 heteroatoms. The van der Waals surface area contributed by atoms with Crippen molar-refractivity contribution in [3.63, 3.8) is 0 Å². The van der Waals surface area contributed by atoms with E-state index in [2.05, 4.69) is 17.3 Å². The Morgan fingerprint density at radius 3 is 2.04 bits per heavy atom. The van der Waals surface area contributed by atoms with Crippen LogP contribution in [0.2, 0.25) is 0 Å². The molecule has 0 aliphatic carbocycles. The highest BCUT2D eigenvalue weighted by atomic mass is 16.3. The molecule has 4 nitrogen and oxygen atoms in total. The Labute approximate surface area is 162 Å². The van der Waals surface area contributed by atoms with E-state index in [0.717, 1.165) is 37.1 Å². The van der Waals surface area contributed by atoms with Gasteiger partial charge in [0, 0.05) is 6.42 Å². The number of benzene rings is 2. The van der Waals surface area contributed by atoms with Gasteiger partial charge in [-0.05, 0) is 56.9 Å². The molecule has 3 rings (SSSR count). The van der Waals surface area contributed by atoms with Crippen molar-refractivity contribution in [1.29, 1.82) is 0 Å². The Kier molecular flexibility index (Phi) is 6.30. The maximum absolute atomic E-state index is 12.7. The number of amides is 1. The molecular weight excluding hydrogens is 336 g/mol. The van der Waals surface area contributed by atoms with E-state index in [-0.39, 0.29) is 5.91 Å². The van der Waals surface area contributed by atoms with Gasteiger partial charge >= 0.3 is 0 Å². The van der Waals surface area contributed by atoms with Crippen LogP contribution in [-0.4, -0.2) is 42.1 Å². The number of aliphatic hydroxyl groups is 1. The van der Waals surface area contributed by atoms with Crippen LogP contribution in [-0.2, 0) is 10.4 Å². The second kappa shape index (κ2) is 8.68. The van der Waals surface area contributed by atoms with Crippen molar-refractivity contribution in [2.24, 2.45) is 5.92 Å². The molecule has 1 amide bonds. The van der Waals surface area contributed by atoms with Gasteiger partial charge in [-0.1, -0.05) is 60.7 Å². The normalized spacial score (nSPS) is 17.4. The number of carbonyl (C=O) groups excluding carboxylic acids is 1. The lowest BCUT2D eigenvalue weighted by atomic mass is 9.80. The molecule has 2 aromatic rings. The third-order valence-corrected chi connectivity index (χ3v) is 5.74. The molecule has 27 heavy (non-hydrogen) atoms. The second-order valence-electron chi connectivity index (χ2n) is 7.74. The first kappa shape index (κ1) is 19.6. The summed E-state index contributed by atoms with van der Waals surface area (Å²) >= 11 is 0. The van der Waals surface area contributed by atoms with Crippen molar-refractivity contribution in [2.75, 3.05) is 20.1 Å². The standard InChI is InChI=1S/C23H30N2O2/c1-18(24-22(26)17-19-13-15-25(2)16-14-19)23(27,20-9-5-3-6-10-20)21-11-7-4-8-12-21/h3-12,18-19,27H,13-17H2,1-2H3,(H,24,26). The van der Waals surface area contributed by atoms with Gasteiger partial charge < -0.3 is 15.3 Å². The summed E-state index contributed by atoms with van der Waals surface area (Å²) in [6.07, 6.45) is 2.64. The lowest BCUT2D eigenvalue weighted by molar-refractivity contribution is -0.124. The van der Waals surface area contributed by atoms with Gasteiger partial charge in [-0.3, -0.25) is 4.79 Å². The third kappa shape index (κ3) is 4.57. The van der Waals surface area contributed by atoms with Gasteiger partial charge in [-0.2, -0.15) is 0 Å². The number of likely N-dealkylation sites (tertiary alicyclic amines) is 1.